The fourth-order valence-electron chi connectivity index (χ4n) is 1.38. The molecule has 0 aliphatic carbocycles. The van der Waals surface area contributed by atoms with Gasteiger partial charge < -0.3 is 9.84 Å². The van der Waals surface area contributed by atoms with E-state index in [-0.39, 0.29) is 17.9 Å². The quantitative estimate of drug-likeness (QED) is 0.919. The Morgan fingerprint density at radius 3 is 2.32 bits per heavy atom. The van der Waals surface area contributed by atoms with Crippen molar-refractivity contribution in [1.29, 1.82) is 0 Å². The van der Waals surface area contributed by atoms with Crippen LogP contribution in [0.15, 0.2) is 12.1 Å². The number of alkyl halides is 3. The first kappa shape index (κ1) is 15.8. The fraction of sp³-hybridized carbons (Fsp3) is 0.615. The van der Waals surface area contributed by atoms with Crippen LogP contribution in [-0.4, -0.2) is 22.9 Å². The molecule has 1 N–H and O–H groups in total. The first-order chi connectivity index (χ1) is 8.62. The van der Waals surface area contributed by atoms with E-state index in [4.69, 9.17) is 9.84 Å². The largest absolute Gasteiger partial charge is 0.477 e. The van der Waals surface area contributed by atoms with Crippen LogP contribution < -0.4 is 4.74 Å². The Morgan fingerprint density at radius 1 is 1.21 bits per heavy atom. The van der Waals surface area contributed by atoms with Gasteiger partial charge in [0.15, 0.2) is 0 Å². The van der Waals surface area contributed by atoms with Gasteiger partial charge in [-0.05, 0) is 11.6 Å². The highest BCUT2D eigenvalue weighted by molar-refractivity contribution is 5.28. The second kappa shape index (κ2) is 5.77. The van der Waals surface area contributed by atoms with Crippen molar-refractivity contribution in [2.75, 3.05) is 6.61 Å². The third-order valence-corrected chi connectivity index (χ3v) is 2.45. The number of aliphatic hydroxyl groups is 1. The first-order valence-electron chi connectivity index (χ1n) is 5.93. The summed E-state index contributed by atoms with van der Waals surface area (Å²) in [5.74, 6) is 0.112. The summed E-state index contributed by atoms with van der Waals surface area (Å²) in [5, 5.41) is 9.14. The molecule has 0 spiro atoms. The minimum atomic E-state index is -4.25. The van der Waals surface area contributed by atoms with E-state index in [0.29, 0.717) is 11.3 Å². The van der Waals surface area contributed by atoms with Crippen molar-refractivity contribution in [3.63, 3.8) is 0 Å². The fourth-order valence-corrected chi connectivity index (χ4v) is 1.38. The SMILES string of the molecule is CC(C)(C)c1cc(CO)cc(OCCC(F)(F)F)n1. The Morgan fingerprint density at radius 2 is 1.84 bits per heavy atom. The van der Waals surface area contributed by atoms with Crippen molar-refractivity contribution in [3.8, 4) is 5.88 Å². The molecule has 0 aliphatic heterocycles. The van der Waals surface area contributed by atoms with Gasteiger partial charge in [0.1, 0.15) is 0 Å². The van der Waals surface area contributed by atoms with Crippen molar-refractivity contribution in [3.05, 3.63) is 23.4 Å². The number of rotatable bonds is 4. The maximum atomic E-state index is 12.0. The molecule has 0 aliphatic rings. The molecule has 0 atom stereocenters. The highest BCUT2D eigenvalue weighted by Crippen LogP contribution is 2.25. The van der Waals surface area contributed by atoms with Gasteiger partial charge in [-0.2, -0.15) is 13.2 Å². The second-order valence-corrected chi connectivity index (χ2v) is 5.32. The van der Waals surface area contributed by atoms with E-state index in [0.717, 1.165) is 0 Å². The highest BCUT2D eigenvalue weighted by Gasteiger charge is 2.27. The Balaban J connectivity index is 2.83. The topological polar surface area (TPSA) is 42.4 Å². The van der Waals surface area contributed by atoms with Crippen molar-refractivity contribution in [2.24, 2.45) is 0 Å². The van der Waals surface area contributed by atoms with Crippen LogP contribution in [0.3, 0.4) is 0 Å². The van der Waals surface area contributed by atoms with Crippen LogP contribution in [0.4, 0.5) is 13.2 Å². The van der Waals surface area contributed by atoms with E-state index in [1.54, 1.807) is 6.07 Å². The van der Waals surface area contributed by atoms with Gasteiger partial charge in [-0.3, -0.25) is 0 Å². The van der Waals surface area contributed by atoms with Crippen molar-refractivity contribution in [2.45, 2.75) is 45.4 Å². The molecule has 6 heteroatoms. The Labute approximate surface area is 110 Å². The predicted molar refractivity (Wildman–Crippen MR) is 65.0 cm³/mol. The van der Waals surface area contributed by atoms with Crippen LogP contribution in [0.25, 0.3) is 0 Å². The lowest BCUT2D eigenvalue weighted by atomic mass is 9.91. The zero-order chi connectivity index (χ0) is 14.7. The van der Waals surface area contributed by atoms with Gasteiger partial charge >= 0.3 is 6.18 Å². The van der Waals surface area contributed by atoms with Crippen LogP contribution in [0, 0.1) is 0 Å². The minimum absolute atomic E-state index is 0.112. The van der Waals surface area contributed by atoms with E-state index >= 15 is 0 Å². The molecule has 0 fully saturated rings. The number of ether oxygens (including phenoxy) is 1. The Hall–Kier alpha value is -1.30. The standard InChI is InChI=1S/C13H18F3NO2/c1-12(2,3)10-6-9(8-18)7-11(17-10)19-5-4-13(14,15)16/h6-7,18H,4-5,8H2,1-3H3. The Bertz CT molecular complexity index is 425. The monoisotopic (exact) mass is 277 g/mol. The van der Waals surface area contributed by atoms with E-state index in [2.05, 4.69) is 4.98 Å². The van der Waals surface area contributed by atoms with Crippen molar-refractivity contribution >= 4 is 0 Å². The number of pyridine rings is 1. The molecule has 0 saturated carbocycles. The third-order valence-electron chi connectivity index (χ3n) is 2.45. The average Bonchev–Trinajstić information content (AvgIpc) is 2.25. The zero-order valence-corrected chi connectivity index (χ0v) is 11.2. The van der Waals surface area contributed by atoms with Crippen LogP contribution in [-0.2, 0) is 12.0 Å². The molecule has 1 aromatic rings. The molecule has 0 bridgehead atoms. The molecule has 1 rings (SSSR count). The van der Waals surface area contributed by atoms with Gasteiger partial charge in [-0.1, -0.05) is 20.8 Å². The molecule has 1 heterocycles. The summed E-state index contributed by atoms with van der Waals surface area (Å²) < 4.78 is 41.1. The molecule has 0 amide bonds. The molecule has 1 aromatic heterocycles. The van der Waals surface area contributed by atoms with Crippen molar-refractivity contribution < 1.29 is 23.0 Å². The van der Waals surface area contributed by atoms with E-state index in [9.17, 15) is 13.2 Å². The predicted octanol–water partition coefficient (Wildman–Crippen LogP) is 3.20. The minimum Gasteiger partial charge on any atom is -0.477 e. The number of hydrogen-bond acceptors (Lipinski definition) is 3. The molecule has 0 radical (unpaired) electrons. The lowest BCUT2D eigenvalue weighted by Crippen LogP contribution is -2.16. The van der Waals surface area contributed by atoms with Crippen LogP contribution >= 0.6 is 0 Å². The molecular weight excluding hydrogens is 259 g/mol. The summed E-state index contributed by atoms with van der Waals surface area (Å²) in [5.41, 5.74) is 0.968. The van der Waals surface area contributed by atoms with Crippen molar-refractivity contribution in [1.82, 2.24) is 4.98 Å². The summed E-state index contributed by atoms with van der Waals surface area (Å²) in [6.07, 6.45) is -5.27. The number of aromatic nitrogens is 1. The maximum absolute atomic E-state index is 12.0. The highest BCUT2D eigenvalue weighted by atomic mass is 19.4. The Kier molecular flexibility index (Phi) is 4.79. The summed E-state index contributed by atoms with van der Waals surface area (Å²) in [6.45, 7) is 5.10. The molecule has 108 valence electrons. The lowest BCUT2D eigenvalue weighted by molar-refractivity contribution is -0.139. The molecular formula is C13H18F3NO2. The number of aliphatic hydroxyl groups excluding tert-OH is 1. The molecule has 0 unspecified atom stereocenters. The summed E-state index contributed by atoms with van der Waals surface area (Å²) >= 11 is 0. The van der Waals surface area contributed by atoms with E-state index < -0.39 is 19.2 Å². The van der Waals surface area contributed by atoms with Gasteiger partial charge in [-0.15, -0.1) is 0 Å². The number of nitrogens with zero attached hydrogens (tertiary/aromatic N) is 1. The lowest BCUT2D eigenvalue weighted by Gasteiger charge is -2.19. The first-order valence-corrected chi connectivity index (χ1v) is 5.93. The number of hydrogen-bond donors (Lipinski definition) is 1. The maximum Gasteiger partial charge on any atom is 0.392 e. The zero-order valence-electron chi connectivity index (χ0n) is 11.2. The summed E-state index contributed by atoms with van der Waals surface area (Å²) in [6, 6.07) is 3.17. The van der Waals surface area contributed by atoms with Gasteiger partial charge in [0.2, 0.25) is 5.88 Å². The third kappa shape index (κ3) is 5.46. The number of halogens is 3. The van der Waals surface area contributed by atoms with Gasteiger partial charge in [-0.25, -0.2) is 4.98 Å². The van der Waals surface area contributed by atoms with Crippen LogP contribution in [0.2, 0.25) is 0 Å². The van der Waals surface area contributed by atoms with Crippen LogP contribution in [0.5, 0.6) is 5.88 Å². The van der Waals surface area contributed by atoms with Crippen LogP contribution in [0.1, 0.15) is 38.4 Å². The molecule has 19 heavy (non-hydrogen) atoms. The van der Waals surface area contributed by atoms with Gasteiger partial charge in [0, 0.05) is 11.5 Å². The van der Waals surface area contributed by atoms with E-state index in [1.807, 2.05) is 20.8 Å². The molecule has 3 nitrogen and oxygen atoms in total. The molecule has 0 saturated heterocycles. The smallest absolute Gasteiger partial charge is 0.392 e. The van der Waals surface area contributed by atoms with E-state index in [1.165, 1.54) is 6.07 Å². The average molecular weight is 277 g/mol. The normalized spacial score (nSPS) is 12.6. The summed E-state index contributed by atoms with van der Waals surface area (Å²) in [7, 11) is 0. The van der Waals surface area contributed by atoms with Gasteiger partial charge in [0.25, 0.3) is 0 Å². The summed E-state index contributed by atoms with van der Waals surface area (Å²) in [4.78, 5) is 4.17. The van der Waals surface area contributed by atoms with Gasteiger partial charge in [0.05, 0.1) is 25.3 Å². The molecule has 0 aromatic carbocycles. The second-order valence-electron chi connectivity index (χ2n) is 5.32.